The van der Waals surface area contributed by atoms with Crippen LogP contribution in [-0.2, 0) is 20.7 Å². The van der Waals surface area contributed by atoms with Crippen LogP contribution in [0.15, 0.2) is 24.3 Å². The fourth-order valence-corrected chi connectivity index (χ4v) is 2.10. The summed E-state index contributed by atoms with van der Waals surface area (Å²) < 4.78 is 10.7. The SMILES string of the molecule is CCOc1ccccc1CCC(=O)OC(C)C(=O)NC1CC1. The van der Waals surface area contributed by atoms with E-state index in [0.29, 0.717) is 13.0 Å². The number of nitrogens with one attached hydrogen (secondary N) is 1. The molecule has 0 radical (unpaired) electrons. The minimum absolute atomic E-state index is 0.217. The first-order chi connectivity index (χ1) is 10.6. The van der Waals surface area contributed by atoms with Crippen LogP contribution < -0.4 is 10.1 Å². The van der Waals surface area contributed by atoms with Crippen LogP contribution in [0.2, 0.25) is 0 Å². The molecule has 120 valence electrons. The van der Waals surface area contributed by atoms with Crippen molar-refractivity contribution in [2.75, 3.05) is 6.61 Å². The molecule has 0 aliphatic heterocycles. The van der Waals surface area contributed by atoms with E-state index in [-0.39, 0.29) is 24.3 Å². The molecule has 0 spiro atoms. The standard InChI is InChI=1S/C17H23NO4/c1-3-21-15-7-5-4-6-13(15)8-11-16(19)22-12(2)17(20)18-14-9-10-14/h4-7,12,14H,3,8-11H2,1-2H3,(H,18,20). The van der Waals surface area contributed by atoms with Gasteiger partial charge in [-0.1, -0.05) is 18.2 Å². The van der Waals surface area contributed by atoms with Gasteiger partial charge >= 0.3 is 5.97 Å². The van der Waals surface area contributed by atoms with E-state index in [9.17, 15) is 9.59 Å². The maximum Gasteiger partial charge on any atom is 0.306 e. The highest BCUT2D eigenvalue weighted by Gasteiger charge is 2.27. The summed E-state index contributed by atoms with van der Waals surface area (Å²) in [4.78, 5) is 23.6. The number of amides is 1. The first-order valence-electron chi connectivity index (χ1n) is 7.80. The van der Waals surface area contributed by atoms with Crippen molar-refractivity contribution in [1.82, 2.24) is 5.32 Å². The second-order valence-electron chi connectivity index (χ2n) is 5.46. The van der Waals surface area contributed by atoms with Crippen molar-refractivity contribution in [3.63, 3.8) is 0 Å². The van der Waals surface area contributed by atoms with E-state index < -0.39 is 6.10 Å². The fraction of sp³-hybridized carbons (Fsp3) is 0.529. The summed E-state index contributed by atoms with van der Waals surface area (Å²) >= 11 is 0. The molecule has 1 unspecified atom stereocenters. The Hall–Kier alpha value is -2.04. The highest BCUT2D eigenvalue weighted by Crippen LogP contribution is 2.20. The zero-order valence-corrected chi connectivity index (χ0v) is 13.1. The maximum absolute atomic E-state index is 11.9. The predicted octanol–water partition coefficient (Wildman–Crippen LogP) is 2.23. The molecular formula is C17H23NO4. The van der Waals surface area contributed by atoms with Gasteiger partial charge in [-0.15, -0.1) is 0 Å². The van der Waals surface area contributed by atoms with E-state index in [1.165, 1.54) is 0 Å². The van der Waals surface area contributed by atoms with E-state index in [2.05, 4.69) is 5.32 Å². The Balaban J connectivity index is 1.78. The van der Waals surface area contributed by atoms with Crippen LogP contribution >= 0.6 is 0 Å². The monoisotopic (exact) mass is 305 g/mol. The quantitative estimate of drug-likeness (QED) is 0.748. The van der Waals surface area contributed by atoms with E-state index in [1.807, 2.05) is 31.2 Å². The van der Waals surface area contributed by atoms with Crippen LogP contribution in [0.5, 0.6) is 5.75 Å². The van der Waals surface area contributed by atoms with Gasteiger partial charge in [0, 0.05) is 12.5 Å². The third-order valence-electron chi connectivity index (χ3n) is 3.47. The van der Waals surface area contributed by atoms with Crippen LogP contribution in [0.1, 0.15) is 38.7 Å². The molecular weight excluding hydrogens is 282 g/mol. The predicted molar refractivity (Wildman–Crippen MR) is 82.7 cm³/mol. The van der Waals surface area contributed by atoms with Gasteiger partial charge in [0.05, 0.1) is 6.61 Å². The van der Waals surface area contributed by atoms with Crippen LogP contribution in [-0.4, -0.2) is 30.6 Å². The summed E-state index contributed by atoms with van der Waals surface area (Å²) in [6, 6.07) is 7.90. The minimum atomic E-state index is -0.741. The molecule has 0 bridgehead atoms. The summed E-state index contributed by atoms with van der Waals surface area (Å²) in [6.07, 6.45) is 2.05. The molecule has 1 aromatic rings. The molecule has 5 nitrogen and oxygen atoms in total. The molecule has 2 rings (SSSR count). The van der Waals surface area contributed by atoms with Gasteiger partial charge in [-0.2, -0.15) is 0 Å². The van der Waals surface area contributed by atoms with E-state index in [0.717, 1.165) is 24.2 Å². The van der Waals surface area contributed by atoms with Crippen molar-refractivity contribution >= 4 is 11.9 Å². The van der Waals surface area contributed by atoms with Crippen molar-refractivity contribution in [2.24, 2.45) is 0 Å². The molecule has 1 saturated carbocycles. The van der Waals surface area contributed by atoms with E-state index in [1.54, 1.807) is 6.92 Å². The first-order valence-corrected chi connectivity index (χ1v) is 7.80. The Kier molecular flexibility index (Phi) is 5.81. The number of aryl methyl sites for hydroxylation is 1. The van der Waals surface area contributed by atoms with Crippen LogP contribution in [0.4, 0.5) is 0 Å². The lowest BCUT2D eigenvalue weighted by atomic mass is 10.1. The molecule has 1 amide bonds. The van der Waals surface area contributed by atoms with Crippen molar-refractivity contribution in [3.05, 3.63) is 29.8 Å². The Morgan fingerprint density at radius 3 is 2.73 bits per heavy atom. The van der Waals surface area contributed by atoms with Gasteiger partial charge in [0.2, 0.25) is 0 Å². The summed E-state index contributed by atoms with van der Waals surface area (Å²) in [5.74, 6) is 0.202. The number of para-hydroxylation sites is 1. The first kappa shape index (κ1) is 16.3. The van der Waals surface area contributed by atoms with Crippen molar-refractivity contribution in [2.45, 2.75) is 51.7 Å². The van der Waals surface area contributed by atoms with Crippen molar-refractivity contribution in [3.8, 4) is 5.75 Å². The molecule has 1 aliphatic rings. The molecule has 5 heteroatoms. The molecule has 0 saturated heterocycles. The van der Waals surface area contributed by atoms with Gasteiger partial charge < -0.3 is 14.8 Å². The lowest BCUT2D eigenvalue weighted by Gasteiger charge is -2.14. The molecule has 1 fully saturated rings. The number of hydrogen-bond donors (Lipinski definition) is 1. The van der Waals surface area contributed by atoms with Crippen LogP contribution in [0.3, 0.4) is 0 Å². The lowest BCUT2D eigenvalue weighted by Crippen LogP contribution is -2.37. The summed E-state index contributed by atoms with van der Waals surface area (Å²) in [6.45, 7) is 4.11. The number of ether oxygens (including phenoxy) is 2. The van der Waals surface area contributed by atoms with Gasteiger partial charge in [-0.25, -0.2) is 0 Å². The highest BCUT2D eigenvalue weighted by atomic mass is 16.5. The average Bonchev–Trinajstić information content (AvgIpc) is 3.30. The van der Waals surface area contributed by atoms with Crippen molar-refractivity contribution < 1.29 is 19.1 Å². The topological polar surface area (TPSA) is 64.6 Å². The zero-order chi connectivity index (χ0) is 15.9. The Morgan fingerprint density at radius 1 is 1.32 bits per heavy atom. The summed E-state index contributed by atoms with van der Waals surface area (Å²) in [7, 11) is 0. The Labute approximate surface area is 131 Å². The lowest BCUT2D eigenvalue weighted by molar-refractivity contribution is -0.154. The molecule has 1 aliphatic carbocycles. The Bertz CT molecular complexity index is 525. The van der Waals surface area contributed by atoms with Gasteiger partial charge in [0.15, 0.2) is 6.10 Å². The second-order valence-corrected chi connectivity index (χ2v) is 5.46. The summed E-state index contributed by atoms with van der Waals surface area (Å²) in [5.41, 5.74) is 0.969. The maximum atomic E-state index is 11.9. The molecule has 0 heterocycles. The number of benzene rings is 1. The van der Waals surface area contributed by atoms with E-state index >= 15 is 0 Å². The molecule has 0 aromatic heterocycles. The average molecular weight is 305 g/mol. The van der Waals surface area contributed by atoms with Crippen LogP contribution in [0.25, 0.3) is 0 Å². The van der Waals surface area contributed by atoms with Crippen LogP contribution in [0, 0.1) is 0 Å². The third-order valence-corrected chi connectivity index (χ3v) is 3.47. The number of carbonyl (C=O) groups is 2. The zero-order valence-electron chi connectivity index (χ0n) is 13.1. The number of carbonyl (C=O) groups excluding carboxylic acids is 2. The van der Waals surface area contributed by atoms with Gasteiger partial charge in [0.1, 0.15) is 5.75 Å². The van der Waals surface area contributed by atoms with Gasteiger partial charge in [0.25, 0.3) is 5.91 Å². The minimum Gasteiger partial charge on any atom is -0.494 e. The number of hydrogen-bond acceptors (Lipinski definition) is 4. The molecule has 1 aromatic carbocycles. The molecule has 22 heavy (non-hydrogen) atoms. The smallest absolute Gasteiger partial charge is 0.306 e. The van der Waals surface area contributed by atoms with E-state index in [4.69, 9.17) is 9.47 Å². The summed E-state index contributed by atoms with van der Waals surface area (Å²) in [5, 5.41) is 2.82. The second kappa shape index (κ2) is 7.82. The van der Waals surface area contributed by atoms with Gasteiger partial charge in [-0.3, -0.25) is 9.59 Å². The number of rotatable bonds is 8. The fourth-order valence-electron chi connectivity index (χ4n) is 2.10. The largest absolute Gasteiger partial charge is 0.494 e. The van der Waals surface area contributed by atoms with Crippen molar-refractivity contribution in [1.29, 1.82) is 0 Å². The third kappa shape index (κ3) is 5.06. The Morgan fingerprint density at radius 2 is 2.05 bits per heavy atom. The molecule has 1 N–H and O–H groups in total. The highest BCUT2D eigenvalue weighted by molar-refractivity contribution is 5.83. The molecule has 1 atom stereocenters. The van der Waals surface area contributed by atoms with Gasteiger partial charge in [-0.05, 0) is 44.7 Å². The number of esters is 1. The normalized spacial score (nSPS) is 15.0.